The highest BCUT2D eigenvalue weighted by Gasteiger charge is 2.34. The van der Waals surface area contributed by atoms with Crippen molar-refractivity contribution in [1.29, 1.82) is 0 Å². The van der Waals surface area contributed by atoms with Crippen LogP contribution in [0.5, 0.6) is 0 Å². The van der Waals surface area contributed by atoms with Crippen molar-refractivity contribution >= 4 is 39.2 Å². The Kier molecular flexibility index (Phi) is 6.08. The normalized spacial score (nSPS) is 16.5. The third-order valence-corrected chi connectivity index (χ3v) is 6.31. The molecule has 3 aromatic rings. The average molecular weight is 430 g/mol. The fraction of sp³-hybridized carbons (Fsp3) is 0.429. The molecule has 2 N–H and O–H groups in total. The molecular weight excluding hydrogens is 405 g/mol. The van der Waals surface area contributed by atoms with E-state index in [-0.39, 0.29) is 24.1 Å². The quantitative estimate of drug-likeness (QED) is 0.573. The van der Waals surface area contributed by atoms with Gasteiger partial charge in [-0.1, -0.05) is 24.7 Å². The Bertz CT molecular complexity index is 1060. The zero-order valence-electron chi connectivity index (χ0n) is 16.8. The van der Waals surface area contributed by atoms with E-state index in [4.69, 9.17) is 0 Å². The fourth-order valence-electron chi connectivity index (χ4n) is 3.72. The number of unbranched alkanes of at least 4 members (excludes halogenated alkanes) is 1. The van der Waals surface area contributed by atoms with Crippen LogP contribution in [0.2, 0.25) is 0 Å². The minimum Gasteiger partial charge on any atom is -0.361 e. The Morgan fingerprint density at radius 2 is 2.23 bits per heavy atom. The van der Waals surface area contributed by atoms with Crippen LogP contribution in [0.4, 0.5) is 9.52 Å². The van der Waals surface area contributed by atoms with Gasteiger partial charge in [-0.05, 0) is 36.6 Å². The number of anilines is 1. The van der Waals surface area contributed by atoms with Gasteiger partial charge in [0.1, 0.15) is 10.8 Å². The highest BCUT2D eigenvalue weighted by Crippen LogP contribution is 2.24. The first-order valence-corrected chi connectivity index (χ1v) is 11.0. The molecule has 1 aliphatic rings. The summed E-state index contributed by atoms with van der Waals surface area (Å²) < 4.78 is 13.5. The monoisotopic (exact) mass is 429 g/mol. The van der Waals surface area contributed by atoms with Crippen molar-refractivity contribution in [2.45, 2.75) is 39.0 Å². The van der Waals surface area contributed by atoms with Crippen molar-refractivity contribution < 1.29 is 14.0 Å². The Balaban J connectivity index is 1.32. The molecule has 158 valence electrons. The second-order valence-corrected chi connectivity index (χ2v) is 8.65. The summed E-state index contributed by atoms with van der Waals surface area (Å²) in [6.07, 6.45) is 5.61. The van der Waals surface area contributed by atoms with Crippen molar-refractivity contribution in [1.82, 2.24) is 20.1 Å². The molecule has 30 heavy (non-hydrogen) atoms. The van der Waals surface area contributed by atoms with Crippen molar-refractivity contribution in [3.63, 3.8) is 0 Å². The summed E-state index contributed by atoms with van der Waals surface area (Å²) in [4.78, 5) is 29.8. The van der Waals surface area contributed by atoms with Crippen molar-refractivity contribution in [2.24, 2.45) is 5.92 Å². The van der Waals surface area contributed by atoms with E-state index in [0.717, 1.165) is 40.7 Å². The highest BCUT2D eigenvalue weighted by atomic mass is 32.1. The number of carbonyl (C=O) groups is 2. The van der Waals surface area contributed by atoms with E-state index in [9.17, 15) is 14.0 Å². The number of aryl methyl sites for hydroxylation is 1. The molecule has 1 atom stereocenters. The second kappa shape index (κ2) is 8.91. The Hall–Kier alpha value is -2.81. The number of rotatable bonds is 8. The molecule has 7 nitrogen and oxygen atoms in total. The van der Waals surface area contributed by atoms with Gasteiger partial charge in [0, 0.05) is 43.0 Å². The smallest absolute Gasteiger partial charge is 0.231 e. The molecule has 0 bridgehead atoms. The van der Waals surface area contributed by atoms with E-state index in [1.54, 1.807) is 11.0 Å². The number of hydrogen-bond donors (Lipinski definition) is 2. The third-order valence-electron chi connectivity index (χ3n) is 5.41. The molecule has 1 aromatic carbocycles. The molecule has 1 saturated heterocycles. The summed E-state index contributed by atoms with van der Waals surface area (Å²) in [7, 11) is 0. The first-order valence-electron chi connectivity index (χ1n) is 10.2. The van der Waals surface area contributed by atoms with Crippen molar-refractivity contribution in [2.75, 3.05) is 18.4 Å². The maximum Gasteiger partial charge on any atom is 0.231 e. The number of benzene rings is 1. The van der Waals surface area contributed by atoms with Gasteiger partial charge in [0.25, 0.3) is 0 Å². The number of hydrogen-bond acceptors (Lipinski definition) is 5. The van der Waals surface area contributed by atoms with E-state index in [1.165, 1.54) is 23.5 Å². The lowest BCUT2D eigenvalue weighted by atomic mass is 10.1. The van der Waals surface area contributed by atoms with Crippen LogP contribution >= 0.6 is 11.3 Å². The predicted molar refractivity (Wildman–Crippen MR) is 114 cm³/mol. The van der Waals surface area contributed by atoms with Gasteiger partial charge in [-0.2, -0.15) is 0 Å². The molecule has 1 unspecified atom stereocenters. The molecule has 9 heteroatoms. The van der Waals surface area contributed by atoms with Crippen molar-refractivity contribution in [3.8, 4) is 0 Å². The summed E-state index contributed by atoms with van der Waals surface area (Å²) in [5.41, 5.74) is 1.82. The molecule has 2 amide bonds. The Labute approximate surface area is 177 Å². The molecule has 2 aromatic heterocycles. The van der Waals surface area contributed by atoms with Gasteiger partial charge in [-0.25, -0.2) is 4.39 Å². The first kappa shape index (κ1) is 20.5. The van der Waals surface area contributed by atoms with Crippen LogP contribution in [0.3, 0.4) is 0 Å². The number of aromatic nitrogens is 3. The van der Waals surface area contributed by atoms with Gasteiger partial charge in [0.05, 0.1) is 5.92 Å². The molecule has 0 saturated carbocycles. The summed E-state index contributed by atoms with van der Waals surface area (Å²) in [6, 6.07) is 4.62. The van der Waals surface area contributed by atoms with E-state index in [2.05, 4.69) is 27.4 Å². The number of aromatic amines is 1. The number of nitrogens with zero attached hydrogens (tertiary/aromatic N) is 3. The number of amides is 2. The van der Waals surface area contributed by atoms with E-state index in [0.29, 0.717) is 24.6 Å². The van der Waals surface area contributed by atoms with Crippen molar-refractivity contribution in [3.05, 3.63) is 40.8 Å². The van der Waals surface area contributed by atoms with Crippen LogP contribution in [0, 0.1) is 11.7 Å². The molecule has 1 aliphatic heterocycles. The van der Waals surface area contributed by atoms with E-state index >= 15 is 0 Å². The number of fused-ring (bicyclic) bond motifs is 1. The lowest BCUT2D eigenvalue weighted by Crippen LogP contribution is -2.30. The molecule has 0 spiro atoms. The molecule has 3 heterocycles. The largest absolute Gasteiger partial charge is 0.361 e. The second-order valence-electron chi connectivity index (χ2n) is 7.59. The third kappa shape index (κ3) is 4.51. The molecule has 4 rings (SSSR count). The van der Waals surface area contributed by atoms with Gasteiger partial charge in [-0.15, -0.1) is 10.2 Å². The molecule has 0 aliphatic carbocycles. The van der Waals surface area contributed by atoms with Gasteiger partial charge < -0.3 is 15.2 Å². The Morgan fingerprint density at radius 3 is 3.07 bits per heavy atom. The summed E-state index contributed by atoms with van der Waals surface area (Å²) in [5.74, 6) is -0.923. The summed E-state index contributed by atoms with van der Waals surface area (Å²) in [5, 5.41) is 13.1. The number of carbonyl (C=O) groups excluding carboxylic acids is 2. The van der Waals surface area contributed by atoms with Crippen LogP contribution < -0.4 is 5.32 Å². The maximum atomic E-state index is 13.5. The van der Waals surface area contributed by atoms with Gasteiger partial charge in [0.2, 0.25) is 16.9 Å². The molecule has 1 fully saturated rings. The predicted octanol–water partition coefficient (Wildman–Crippen LogP) is 3.53. The lowest BCUT2D eigenvalue weighted by molar-refractivity contribution is -0.128. The maximum absolute atomic E-state index is 13.5. The zero-order chi connectivity index (χ0) is 21.1. The first-order chi connectivity index (χ1) is 14.5. The number of H-pyrrole nitrogens is 1. The number of halogens is 1. The topological polar surface area (TPSA) is 91.0 Å². The molecular formula is C21H24FN5O2S. The Morgan fingerprint density at radius 1 is 1.37 bits per heavy atom. The van der Waals surface area contributed by atoms with E-state index in [1.807, 2.05) is 6.20 Å². The van der Waals surface area contributed by atoms with Crippen LogP contribution in [-0.4, -0.2) is 45.0 Å². The standard InChI is InChI=1S/C21H24FN5O2S/c1-2-3-4-18-25-26-21(30-18)24-20(29)14-9-19(28)27(12-14)8-7-13-11-23-17-6-5-15(22)10-16(13)17/h5-6,10-11,14,23H,2-4,7-9,12H2,1H3,(H,24,26,29). The minimum absolute atomic E-state index is 0.0397. The fourth-order valence-corrected chi connectivity index (χ4v) is 4.50. The zero-order valence-corrected chi connectivity index (χ0v) is 17.6. The summed E-state index contributed by atoms with van der Waals surface area (Å²) >= 11 is 1.39. The van der Waals surface area contributed by atoms with Crippen LogP contribution in [0.15, 0.2) is 24.4 Å². The van der Waals surface area contributed by atoms with Crippen LogP contribution in [0.25, 0.3) is 10.9 Å². The SMILES string of the molecule is CCCCc1nnc(NC(=O)C2CC(=O)N(CCc3c[nH]c4ccc(F)cc34)C2)s1. The summed E-state index contributed by atoms with van der Waals surface area (Å²) in [6.45, 7) is 2.98. The molecule has 0 radical (unpaired) electrons. The number of likely N-dealkylation sites (tertiary alicyclic amines) is 1. The van der Waals surface area contributed by atoms with Gasteiger partial charge in [0.15, 0.2) is 0 Å². The average Bonchev–Trinajstić information content (AvgIpc) is 3.43. The van der Waals surface area contributed by atoms with E-state index < -0.39 is 5.92 Å². The minimum atomic E-state index is -0.402. The number of nitrogens with one attached hydrogen (secondary N) is 2. The van der Waals surface area contributed by atoms with Gasteiger partial charge in [-0.3, -0.25) is 9.59 Å². The lowest BCUT2D eigenvalue weighted by Gasteiger charge is -2.16. The van der Waals surface area contributed by atoms with Crippen LogP contribution in [0.1, 0.15) is 36.8 Å². The highest BCUT2D eigenvalue weighted by molar-refractivity contribution is 7.15. The van der Waals surface area contributed by atoms with Gasteiger partial charge >= 0.3 is 0 Å². The van der Waals surface area contributed by atoms with Crippen LogP contribution in [-0.2, 0) is 22.4 Å².